The Bertz CT molecular complexity index is 1370. The molecule has 3 aromatic carbocycles. The van der Waals surface area contributed by atoms with E-state index in [0.29, 0.717) is 31.5 Å². The number of aromatic nitrogens is 1. The summed E-state index contributed by atoms with van der Waals surface area (Å²) in [5.41, 5.74) is 1.98. The first kappa shape index (κ1) is 24.3. The zero-order valence-corrected chi connectivity index (χ0v) is 19.9. The van der Waals surface area contributed by atoms with Crippen molar-refractivity contribution in [2.45, 2.75) is 24.8 Å². The second-order valence-corrected chi connectivity index (χ2v) is 9.67. The van der Waals surface area contributed by atoms with Crippen LogP contribution < -0.4 is 9.64 Å². The number of rotatable bonds is 6. The number of halogens is 3. The molecule has 4 aromatic rings. The molecule has 5 rings (SSSR count). The van der Waals surface area contributed by atoms with Crippen LogP contribution in [0.3, 0.4) is 0 Å². The maximum absolute atomic E-state index is 13.9. The van der Waals surface area contributed by atoms with Crippen molar-refractivity contribution in [3.8, 4) is 5.75 Å². The van der Waals surface area contributed by atoms with Gasteiger partial charge in [0.1, 0.15) is 5.75 Å². The molecule has 0 aliphatic carbocycles. The van der Waals surface area contributed by atoms with Gasteiger partial charge >= 0.3 is 6.36 Å². The number of piperidine rings is 1. The van der Waals surface area contributed by atoms with E-state index in [9.17, 15) is 23.1 Å². The van der Waals surface area contributed by atoms with Crippen molar-refractivity contribution < 1.29 is 27.8 Å². The summed E-state index contributed by atoms with van der Waals surface area (Å²) in [6, 6.07) is 19.4. The Hall–Kier alpha value is -3.43. The first-order chi connectivity index (χ1) is 17.2. The lowest BCUT2D eigenvalue weighted by molar-refractivity contribution is -0.274. The highest BCUT2D eigenvalue weighted by Crippen LogP contribution is 2.38. The van der Waals surface area contributed by atoms with Crippen molar-refractivity contribution in [1.82, 2.24) is 4.98 Å². The van der Waals surface area contributed by atoms with Crippen molar-refractivity contribution >= 4 is 33.0 Å². The summed E-state index contributed by atoms with van der Waals surface area (Å²) >= 11 is 1.58. The quantitative estimate of drug-likeness (QED) is 0.348. The van der Waals surface area contributed by atoms with E-state index < -0.39 is 29.4 Å². The third kappa shape index (κ3) is 4.81. The van der Waals surface area contributed by atoms with Crippen LogP contribution in [-0.4, -0.2) is 35.3 Å². The zero-order valence-electron chi connectivity index (χ0n) is 19.1. The van der Waals surface area contributed by atoms with Gasteiger partial charge in [-0.2, -0.15) is 0 Å². The molecule has 1 aliphatic rings. The number of aliphatic hydroxyl groups is 1. The fourth-order valence-electron chi connectivity index (χ4n) is 4.79. The number of carbonyl (C=O) groups is 1. The molecule has 1 fully saturated rings. The van der Waals surface area contributed by atoms with Crippen LogP contribution in [0.4, 0.5) is 18.9 Å². The fourth-order valence-corrected chi connectivity index (χ4v) is 5.45. The van der Waals surface area contributed by atoms with E-state index in [1.807, 2.05) is 18.2 Å². The Kier molecular flexibility index (Phi) is 6.44. The number of anilines is 1. The number of thiazole rings is 1. The van der Waals surface area contributed by atoms with Crippen molar-refractivity contribution in [3.05, 3.63) is 89.4 Å². The number of hydrogen-bond donors (Lipinski definition) is 1. The summed E-state index contributed by atoms with van der Waals surface area (Å²) in [5.74, 6) is -1.40. The molecule has 1 unspecified atom stereocenters. The lowest BCUT2D eigenvalue weighted by atomic mass is 9.75. The number of carbonyl (C=O) groups excluding carboxylic acids is 1. The van der Waals surface area contributed by atoms with E-state index in [-0.39, 0.29) is 5.56 Å². The Morgan fingerprint density at radius 2 is 1.69 bits per heavy atom. The number of nitrogens with zero attached hydrogens (tertiary/aromatic N) is 2. The molecule has 0 radical (unpaired) electrons. The maximum Gasteiger partial charge on any atom is 0.573 e. The predicted molar refractivity (Wildman–Crippen MR) is 132 cm³/mol. The molecular weight excluding hydrogens is 489 g/mol. The summed E-state index contributed by atoms with van der Waals surface area (Å²) < 4.78 is 43.6. The topological polar surface area (TPSA) is 62.7 Å². The molecule has 5 nitrogen and oxygen atoms in total. The third-order valence-corrected chi connectivity index (χ3v) is 7.39. The SMILES string of the molecule is O=C(C1CCN(c2ccc3scnc3c2)CC1)C(O)(c1ccccc1)c1cccc(OC(F)(F)F)c1. The monoisotopic (exact) mass is 512 g/mol. The van der Waals surface area contributed by atoms with Gasteiger partial charge in [-0.3, -0.25) is 4.79 Å². The van der Waals surface area contributed by atoms with E-state index >= 15 is 0 Å². The fraction of sp³-hybridized carbons (Fsp3) is 0.259. The number of benzene rings is 3. The number of Topliss-reactive ketones (excluding diaryl/α,β-unsaturated/α-hetero) is 1. The minimum atomic E-state index is -4.89. The van der Waals surface area contributed by atoms with Gasteiger partial charge in [-0.05, 0) is 54.3 Å². The highest BCUT2D eigenvalue weighted by molar-refractivity contribution is 7.16. The Morgan fingerprint density at radius 1 is 0.972 bits per heavy atom. The van der Waals surface area contributed by atoms with Gasteiger partial charge in [0.25, 0.3) is 0 Å². The van der Waals surface area contributed by atoms with Crippen molar-refractivity contribution in [2.75, 3.05) is 18.0 Å². The molecule has 9 heteroatoms. The predicted octanol–water partition coefficient (Wildman–Crippen LogP) is 5.92. The van der Waals surface area contributed by atoms with Gasteiger partial charge in [0.05, 0.1) is 15.7 Å². The van der Waals surface area contributed by atoms with E-state index in [0.717, 1.165) is 28.0 Å². The average Bonchev–Trinajstić information content (AvgIpc) is 3.36. The van der Waals surface area contributed by atoms with Gasteiger partial charge in [-0.15, -0.1) is 24.5 Å². The summed E-state index contributed by atoms with van der Waals surface area (Å²) in [6.07, 6.45) is -3.88. The highest BCUT2D eigenvalue weighted by atomic mass is 32.1. The van der Waals surface area contributed by atoms with Gasteiger partial charge < -0.3 is 14.7 Å². The van der Waals surface area contributed by atoms with Crippen molar-refractivity contribution in [2.24, 2.45) is 5.92 Å². The zero-order chi connectivity index (χ0) is 25.3. The molecule has 0 bridgehead atoms. The summed E-state index contributed by atoms with van der Waals surface area (Å²) in [7, 11) is 0. The smallest absolute Gasteiger partial charge is 0.406 e. The summed E-state index contributed by atoms with van der Waals surface area (Å²) in [6.45, 7) is 1.21. The molecule has 0 amide bonds. The van der Waals surface area contributed by atoms with Gasteiger partial charge in [0, 0.05) is 24.7 Å². The molecule has 186 valence electrons. The molecule has 1 aromatic heterocycles. The van der Waals surface area contributed by atoms with Gasteiger partial charge in [0.15, 0.2) is 11.4 Å². The van der Waals surface area contributed by atoms with Crippen LogP contribution in [0.5, 0.6) is 5.75 Å². The molecule has 1 atom stereocenters. The van der Waals surface area contributed by atoms with Crippen LogP contribution in [0.2, 0.25) is 0 Å². The van der Waals surface area contributed by atoms with Crippen LogP contribution in [-0.2, 0) is 10.4 Å². The normalized spacial score (nSPS) is 16.6. The van der Waals surface area contributed by atoms with Gasteiger partial charge in [-0.1, -0.05) is 42.5 Å². The van der Waals surface area contributed by atoms with Crippen molar-refractivity contribution in [1.29, 1.82) is 0 Å². The molecular formula is C27H23F3N2O3S. The maximum atomic E-state index is 13.9. The van der Waals surface area contributed by atoms with Gasteiger partial charge in [0.2, 0.25) is 0 Å². The molecule has 0 spiro atoms. The number of hydrogen-bond acceptors (Lipinski definition) is 6. The van der Waals surface area contributed by atoms with E-state index in [2.05, 4.69) is 14.6 Å². The minimum Gasteiger partial charge on any atom is -0.406 e. The van der Waals surface area contributed by atoms with Gasteiger partial charge in [-0.25, -0.2) is 4.98 Å². The van der Waals surface area contributed by atoms with E-state index in [1.165, 1.54) is 12.1 Å². The molecule has 1 saturated heterocycles. The van der Waals surface area contributed by atoms with Crippen LogP contribution in [0.15, 0.2) is 78.3 Å². The number of alkyl halides is 3. The Morgan fingerprint density at radius 3 is 2.42 bits per heavy atom. The number of ketones is 1. The molecule has 0 saturated carbocycles. The van der Waals surface area contributed by atoms with Crippen LogP contribution in [0, 0.1) is 5.92 Å². The Balaban J connectivity index is 1.41. The minimum absolute atomic E-state index is 0.0388. The number of fused-ring (bicyclic) bond motifs is 1. The largest absolute Gasteiger partial charge is 0.573 e. The van der Waals surface area contributed by atoms with Crippen LogP contribution in [0.25, 0.3) is 10.2 Å². The lowest BCUT2D eigenvalue weighted by Crippen LogP contribution is -2.45. The second kappa shape index (κ2) is 9.55. The molecule has 1 aliphatic heterocycles. The van der Waals surface area contributed by atoms with E-state index in [4.69, 9.17) is 0 Å². The molecule has 1 N–H and O–H groups in total. The van der Waals surface area contributed by atoms with E-state index in [1.54, 1.807) is 47.2 Å². The Labute approximate surface area is 209 Å². The first-order valence-electron chi connectivity index (χ1n) is 11.5. The summed E-state index contributed by atoms with van der Waals surface area (Å²) in [4.78, 5) is 20.4. The number of ether oxygens (including phenoxy) is 1. The van der Waals surface area contributed by atoms with Crippen LogP contribution >= 0.6 is 11.3 Å². The third-order valence-electron chi connectivity index (χ3n) is 6.58. The summed E-state index contributed by atoms with van der Waals surface area (Å²) in [5, 5.41) is 11.9. The molecule has 2 heterocycles. The average molecular weight is 513 g/mol. The first-order valence-corrected chi connectivity index (χ1v) is 12.4. The standard InChI is InChI=1S/C27H23F3N2O3S/c28-27(29,30)35-22-8-4-7-20(15-22)26(34,19-5-2-1-3-6-19)25(33)18-11-13-32(14-12-18)21-9-10-24-23(16-21)31-17-36-24/h1-10,15-18,34H,11-14H2. The second-order valence-electron chi connectivity index (χ2n) is 8.78. The lowest BCUT2D eigenvalue weighted by Gasteiger charge is -2.37. The van der Waals surface area contributed by atoms with Crippen molar-refractivity contribution in [3.63, 3.8) is 0 Å². The van der Waals surface area contributed by atoms with Crippen LogP contribution in [0.1, 0.15) is 24.0 Å². The molecule has 36 heavy (non-hydrogen) atoms. The highest BCUT2D eigenvalue weighted by Gasteiger charge is 2.44.